The average Bonchev–Trinajstić information content (AvgIpc) is 3.30. The van der Waals surface area contributed by atoms with E-state index in [0.29, 0.717) is 24.4 Å². The van der Waals surface area contributed by atoms with Crippen molar-refractivity contribution in [1.82, 2.24) is 36.2 Å². The van der Waals surface area contributed by atoms with Gasteiger partial charge in [0, 0.05) is 36.5 Å². The quantitative estimate of drug-likeness (QED) is 0.513. The first-order valence-electron chi connectivity index (χ1n) is 10.3. The molecule has 0 unspecified atom stereocenters. The van der Waals surface area contributed by atoms with Crippen LogP contribution in [0.2, 0.25) is 0 Å². The van der Waals surface area contributed by atoms with Crippen LogP contribution in [0.3, 0.4) is 0 Å². The van der Waals surface area contributed by atoms with Gasteiger partial charge in [0.2, 0.25) is 5.91 Å². The minimum atomic E-state index is -0.109. The minimum absolute atomic E-state index is 0.00524. The SMILES string of the molecule is O=C(NC1CCC(C(=O)NCCCc2nn[nH]n2)CC1)c1cnc2ccccc2c1. The van der Waals surface area contributed by atoms with Gasteiger partial charge in [-0.3, -0.25) is 14.6 Å². The van der Waals surface area contributed by atoms with E-state index in [1.165, 1.54) is 0 Å². The molecule has 1 aliphatic carbocycles. The molecule has 9 nitrogen and oxygen atoms in total. The summed E-state index contributed by atoms with van der Waals surface area (Å²) in [5.41, 5.74) is 1.44. The monoisotopic (exact) mass is 407 g/mol. The van der Waals surface area contributed by atoms with Crippen LogP contribution in [0.25, 0.3) is 10.9 Å². The third kappa shape index (κ3) is 4.97. The second-order valence-electron chi connectivity index (χ2n) is 7.66. The molecule has 0 saturated heterocycles. The van der Waals surface area contributed by atoms with Gasteiger partial charge in [0.1, 0.15) is 0 Å². The van der Waals surface area contributed by atoms with Gasteiger partial charge in [0.05, 0.1) is 11.1 Å². The lowest BCUT2D eigenvalue weighted by molar-refractivity contribution is -0.126. The zero-order valence-electron chi connectivity index (χ0n) is 16.7. The Morgan fingerprint density at radius 1 is 1.13 bits per heavy atom. The molecule has 0 atom stereocenters. The van der Waals surface area contributed by atoms with E-state index in [0.717, 1.165) is 43.0 Å². The first-order chi connectivity index (χ1) is 14.7. The Morgan fingerprint density at radius 2 is 1.97 bits per heavy atom. The number of fused-ring (bicyclic) bond motifs is 1. The molecule has 0 bridgehead atoms. The molecule has 0 radical (unpaired) electrons. The molecule has 156 valence electrons. The summed E-state index contributed by atoms with van der Waals surface area (Å²) in [6.07, 6.45) is 6.22. The molecule has 3 aromatic rings. The van der Waals surface area contributed by atoms with Crippen molar-refractivity contribution in [2.45, 2.75) is 44.6 Å². The number of aromatic amines is 1. The largest absolute Gasteiger partial charge is 0.356 e. The lowest BCUT2D eigenvalue weighted by atomic mass is 9.85. The zero-order valence-corrected chi connectivity index (χ0v) is 16.7. The topological polar surface area (TPSA) is 126 Å². The van der Waals surface area contributed by atoms with Gasteiger partial charge >= 0.3 is 0 Å². The Kier molecular flexibility index (Phi) is 6.26. The number of pyridine rings is 1. The summed E-state index contributed by atoms with van der Waals surface area (Å²) >= 11 is 0. The molecule has 1 aliphatic rings. The van der Waals surface area contributed by atoms with Gasteiger partial charge in [-0.15, -0.1) is 10.2 Å². The van der Waals surface area contributed by atoms with E-state index in [4.69, 9.17) is 0 Å². The highest BCUT2D eigenvalue weighted by Gasteiger charge is 2.27. The normalized spacial score (nSPS) is 18.8. The van der Waals surface area contributed by atoms with Crippen molar-refractivity contribution < 1.29 is 9.59 Å². The Labute approximate surface area is 174 Å². The maximum atomic E-state index is 12.6. The molecule has 2 heterocycles. The van der Waals surface area contributed by atoms with Crippen LogP contribution >= 0.6 is 0 Å². The maximum absolute atomic E-state index is 12.6. The molecular weight excluding hydrogens is 382 g/mol. The van der Waals surface area contributed by atoms with Crippen molar-refractivity contribution in [3.8, 4) is 0 Å². The van der Waals surface area contributed by atoms with E-state index in [9.17, 15) is 9.59 Å². The Bertz CT molecular complexity index is 998. The third-order valence-electron chi connectivity index (χ3n) is 5.55. The maximum Gasteiger partial charge on any atom is 0.253 e. The van der Waals surface area contributed by atoms with Gasteiger partial charge in [0.15, 0.2) is 5.82 Å². The number of H-pyrrole nitrogens is 1. The van der Waals surface area contributed by atoms with Crippen LogP contribution in [0.15, 0.2) is 36.5 Å². The second-order valence-corrected chi connectivity index (χ2v) is 7.66. The number of rotatable bonds is 7. The van der Waals surface area contributed by atoms with Gasteiger partial charge < -0.3 is 10.6 Å². The minimum Gasteiger partial charge on any atom is -0.356 e. The fourth-order valence-corrected chi connectivity index (χ4v) is 3.85. The van der Waals surface area contributed by atoms with Gasteiger partial charge in [-0.25, -0.2) is 0 Å². The molecule has 1 saturated carbocycles. The molecule has 0 aliphatic heterocycles. The van der Waals surface area contributed by atoms with Crippen LogP contribution < -0.4 is 10.6 Å². The molecule has 9 heteroatoms. The Hall–Kier alpha value is -3.36. The predicted octanol–water partition coefficient (Wildman–Crippen LogP) is 1.79. The third-order valence-corrected chi connectivity index (χ3v) is 5.55. The summed E-state index contributed by atoms with van der Waals surface area (Å²) in [5, 5.41) is 20.7. The number of benzene rings is 1. The Balaban J connectivity index is 1.20. The summed E-state index contributed by atoms with van der Waals surface area (Å²) in [6, 6.07) is 9.69. The number of aryl methyl sites for hydroxylation is 1. The van der Waals surface area contributed by atoms with Crippen molar-refractivity contribution in [2.75, 3.05) is 6.54 Å². The lowest BCUT2D eigenvalue weighted by Crippen LogP contribution is -2.41. The number of para-hydroxylation sites is 1. The van der Waals surface area contributed by atoms with Crippen LogP contribution in [0.1, 0.15) is 48.3 Å². The summed E-state index contributed by atoms with van der Waals surface area (Å²) in [5.74, 6) is 0.641. The fourth-order valence-electron chi connectivity index (χ4n) is 3.85. The molecule has 0 spiro atoms. The number of hydrogen-bond acceptors (Lipinski definition) is 6. The molecule has 1 aromatic carbocycles. The van der Waals surface area contributed by atoms with E-state index < -0.39 is 0 Å². The standard InChI is InChI=1S/C21H25N7O2/c29-20(22-11-3-6-19-25-27-28-26-19)14-7-9-17(10-8-14)24-21(30)16-12-15-4-1-2-5-18(15)23-13-16/h1-2,4-5,12-14,17H,3,6-11H2,(H,22,29)(H,24,30)(H,25,26,27,28). The second kappa shape index (κ2) is 9.43. The number of tetrazole rings is 1. The summed E-state index contributed by atoms with van der Waals surface area (Å²) in [4.78, 5) is 29.3. The number of carbonyl (C=O) groups excluding carboxylic acids is 2. The molecule has 4 rings (SSSR count). The number of nitrogens with zero attached hydrogens (tertiary/aromatic N) is 4. The highest BCUT2D eigenvalue weighted by Crippen LogP contribution is 2.25. The average molecular weight is 407 g/mol. The predicted molar refractivity (Wildman–Crippen MR) is 110 cm³/mol. The molecule has 1 fully saturated rings. The number of aromatic nitrogens is 5. The van der Waals surface area contributed by atoms with Crippen LogP contribution in [0, 0.1) is 5.92 Å². The molecule has 2 aromatic heterocycles. The van der Waals surface area contributed by atoms with Gasteiger partial charge in [-0.2, -0.15) is 5.21 Å². The first kappa shape index (κ1) is 19.9. The zero-order chi connectivity index (χ0) is 20.8. The van der Waals surface area contributed by atoms with E-state index in [2.05, 4.69) is 36.2 Å². The number of nitrogens with one attached hydrogen (secondary N) is 3. The summed E-state index contributed by atoms with van der Waals surface area (Å²) < 4.78 is 0. The smallest absolute Gasteiger partial charge is 0.253 e. The van der Waals surface area contributed by atoms with Gasteiger partial charge in [0.25, 0.3) is 5.91 Å². The van der Waals surface area contributed by atoms with Gasteiger partial charge in [-0.1, -0.05) is 23.4 Å². The lowest BCUT2D eigenvalue weighted by Gasteiger charge is -2.28. The van der Waals surface area contributed by atoms with E-state index in [1.54, 1.807) is 6.20 Å². The summed E-state index contributed by atoms with van der Waals surface area (Å²) in [6.45, 7) is 0.596. The van der Waals surface area contributed by atoms with Crippen LogP contribution in [-0.4, -0.2) is 50.0 Å². The van der Waals surface area contributed by atoms with Crippen LogP contribution in [0.5, 0.6) is 0 Å². The number of hydrogen-bond donors (Lipinski definition) is 3. The van der Waals surface area contributed by atoms with E-state index in [-0.39, 0.29) is 23.8 Å². The van der Waals surface area contributed by atoms with Crippen molar-refractivity contribution in [3.63, 3.8) is 0 Å². The molecule has 2 amide bonds. The van der Waals surface area contributed by atoms with Crippen molar-refractivity contribution in [1.29, 1.82) is 0 Å². The van der Waals surface area contributed by atoms with Crippen LogP contribution in [-0.2, 0) is 11.2 Å². The number of carbonyl (C=O) groups is 2. The van der Waals surface area contributed by atoms with E-state index >= 15 is 0 Å². The van der Waals surface area contributed by atoms with E-state index in [1.807, 2.05) is 30.3 Å². The van der Waals surface area contributed by atoms with Crippen molar-refractivity contribution in [2.24, 2.45) is 5.92 Å². The fraction of sp³-hybridized carbons (Fsp3) is 0.429. The van der Waals surface area contributed by atoms with Crippen molar-refractivity contribution >= 4 is 22.7 Å². The number of amides is 2. The molecule has 30 heavy (non-hydrogen) atoms. The highest BCUT2D eigenvalue weighted by atomic mass is 16.2. The molecule has 3 N–H and O–H groups in total. The molecular formula is C21H25N7O2. The highest BCUT2D eigenvalue weighted by molar-refractivity contribution is 5.97. The first-order valence-corrected chi connectivity index (χ1v) is 10.3. The van der Waals surface area contributed by atoms with Crippen molar-refractivity contribution in [3.05, 3.63) is 47.9 Å². The Morgan fingerprint density at radius 3 is 2.77 bits per heavy atom. The van der Waals surface area contributed by atoms with Crippen LogP contribution in [0.4, 0.5) is 0 Å². The summed E-state index contributed by atoms with van der Waals surface area (Å²) in [7, 11) is 0. The van der Waals surface area contributed by atoms with Gasteiger partial charge in [-0.05, 0) is 44.2 Å².